The fraction of sp³-hybridized carbons (Fsp3) is 1.00. The van der Waals surface area contributed by atoms with Crippen molar-refractivity contribution < 1.29 is 8.42 Å². The molecule has 1 N–H and O–H groups in total. The Morgan fingerprint density at radius 1 is 1.35 bits per heavy atom. The van der Waals surface area contributed by atoms with Crippen molar-refractivity contribution in [2.24, 2.45) is 0 Å². The third kappa shape index (κ3) is 4.94. The molecule has 102 valence electrons. The molecule has 1 aliphatic rings. The Labute approximate surface area is 106 Å². The summed E-state index contributed by atoms with van der Waals surface area (Å²) in [5.41, 5.74) is 0. The first-order chi connectivity index (χ1) is 7.93. The van der Waals surface area contributed by atoms with E-state index in [4.69, 9.17) is 0 Å². The van der Waals surface area contributed by atoms with Gasteiger partial charge in [0.05, 0.1) is 5.25 Å². The monoisotopic (exact) mass is 262 g/mol. The quantitative estimate of drug-likeness (QED) is 0.739. The molecule has 1 unspecified atom stereocenters. The Bertz CT molecular complexity index is 314. The first kappa shape index (κ1) is 14.9. The second kappa shape index (κ2) is 6.71. The molecule has 0 amide bonds. The van der Waals surface area contributed by atoms with Crippen molar-refractivity contribution in [3.8, 4) is 0 Å². The molecule has 1 rings (SSSR count). The zero-order chi connectivity index (χ0) is 12.9. The van der Waals surface area contributed by atoms with Gasteiger partial charge in [-0.15, -0.1) is 0 Å². The van der Waals surface area contributed by atoms with Crippen molar-refractivity contribution in [3.05, 3.63) is 0 Å². The number of rotatable bonds is 6. The standard InChI is InChI=1S/C12H26N2O2S/c1-11(2)17(15,16)13-8-6-10-14-9-5-4-7-12(14)3/h11-13H,4-10H2,1-3H3. The van der Waals surface area contributed by atoms with Gasteiger partial charge in [-0.2, -0.15) is 0 Å². The van der Waals surface area contributed by atoms with E-state index in [0.717, 1.165) is 19.5 Å². The van der Waals surface area contributed by atoms with Crippen molar-refractivity contribution >= 4 is 10.0 Å². The molecule has 1 saturated heterocycles. The van der Waals surface area contributed by atoms with Gasteiger partial charge in [-0.25, -0.2) is 13.1 Å². The maximum absolute atomic E-state index is 11.5. The lowest BCUT2D eigenvalue weighted by atomic mass is 10.0. The van der Waals surface area contributed by atoms with E-state index in [2.05, 4.69) is 16.5 Å². The first-order valence-corrected chi connectivity index (χ1v) is 8.20. The Kier molecular flexibility index (Phi) is 5.89. The van der Waals surface area contributed by atoms with E-state index in [0.29, 0.717) is 12.6 Å². The fourth-order valence-corrected chi connectivity index (χ4v) is 2.92. The number of nitrogens with one attached hydrogen (secondary N) is 1. The summed E-state index contributed by atoms with van der Waals surface area (Å²) in [5, 5.41) is -0.337. The summed E-state index contributed by atoms with van der Waals surface area (Å²) < 4.78 is 25.7. The van der Waals surface area contributed by atoms with Gasteiger partial charge in [0.2, 0.25) is 10.0 Å². The maximum atomic E-state index is 11.5. The predicted molar refractivity (Wildman–Crippen MR) is 71.6 cm³/mol. The van der Waals surface area contributed by atoms with Crippen LogP contribution in [0.5, 0.6) is 0 Å². The second-order valence-corrected chi connectivity index (χ2v) is 7.54. The summed E-state index contributed by atoms with van der Waals surface area (Å²) in [6, 6.07) is 0.658. The van der Waals surface area contributed by atoms with Gasteiger partial charge in [-0.3, -0.25) is 0 Å². The van der Waals surface area contributed by atoms with Gasteiger partial charge in [-0.1, -0.05) is 6.42 Å². The highest BCUT2D eigenvalue weighted by atomic mass is 32.2. The SMILES string of the molecule is CC1CCCCN1CCCNS(=O)(=O)C(C)C. The van der Waals surface area contributed by atoms with E-state index in [1.165, 1.54) is 19.3 Å². The number of nitrogens with zero attached hydrogens (tertiary/aromatic N) is 1. The van der Waals surface area contributed by atoms with Gasteiger partial charge in [0, 0.05) is 12.6 Å². The van der Waals surface area contributed by atoms with Gasteiger partial charge >= 0.3 is 0 Å². The predicted octanol–water partition coefficient (Wildman–Crippen LogP) is 1.58. The minimum atomic E-state index is -3.08. The largest absolute Gasteiger partial charge is 0.301 e. The van der Waals surface area contributed by atoms with Crippen molar-refractivity contribution in [2.75, 3.05) is 19.6 Å². The average molecular weight is 262 g/mol. The van der Waals surface area contributed by atoms with E-state index < -0.39 is 10.0 Å². The van der Waals surface area contributed by atoms with Crippen LogP contribution in [0.15, 0.2) is 0 Å². The van der Waals surface area contributed by atoms with Crippen molar-refractivity contribution in [3.63, 3.8) is 0 Å². The molecule has 1 heterocycles. The van der Waals surface area contributed by atoms with Crippen LogP contribution >= 0.6 is 0 Å². The Balaban J connectivity index is 2.20. The highest BCUT2D eigenvalue weighted by Crippen LogP contribution is 2.16. The molecule has 1 atom stereocenters. The van der Waals surface area contributed by atoms with E-state index >= 15 is 0 Å². The molecular formula is C12H26N2O2S. The molecule has 0 aromatic heterocycles. The molecule has 1 aliphatic heterocycles. The van der Waals surface area contributed by atoms with Crippen LogP contribution in [0, 0.1) is 0 Å². The minimum absolute atomic E-state index is 0.337. The van der Waals surface area contributed by atoms with Crippen LogP contribution in [-0.4, -0.2) is 44.2 Å². The third-order valence-corrected chi connectivity index (χ3v) is 5.33. The second-order valence-electron chi connectivity index (χ2n) is 5.22. The van der Waals surface area contributed by atoms with Gasteiger partial charge in [0.1, 0.15) is 0 Å². The molecule has 0 aliphatic carbocycles. The zero-order valence-electron chi connectivity index (χ0n) is 11.3. The van der Waals surface area contributed by atoms with E-state index in [-0.39, 0.29) is 5.25 Å². The molecule has 0 saturated carbocycles. The van der Waals surface area contributed by atoms with Crippen molar-refractivity contribution in [2.45, 2.75) is 57.7 Å². The third-order valence-electron chi connectivity index (χ3n) is 3.49. The van der Waals surface area contributed by atoms with Crippen molar-refractivity contribution in [1.29, 1.82) is 0 Å². The number of likely N-dealkylation sites (tertiary alicyclic amines) is 1. The van der Waals surface area contributed by atoms with Crippen LogP contribution in [0.4, 0.5) is 0 Å². The summed E-state index contributed by atoms with van der Waals surface area (Å²) in [7, 11) is -3.08. The molecule has 0 bridgehead atoms. The summed E-state index contributed by atoms with van der Waals surface area (Å²) in [5.74, 6) is 0. The number of hydrogen-bond acceptors (Lipinski definition) is 3. The summed E-state index contributed by atoms with van der Waals surface area (Å²) in [6.07, 6.45) is 4.79. The van der Waals surface area contributed by atoms with Gasteiger partial charge in [0.15, 0.2) is 0 Å². The normalized spacial score (nSPS) is 23.2. The van der Waals surface area contributed by atoms with Crippen LogP contribution in [0.1, 0.15) is 46.5 Å². The van der Waals surface area contributed by atoms with E-state index in [1.807, 2.05) is 0 Å². The van der Waals surface area contributed by atoms with Crippen LogP contribution < -0.4 is 4.72 Å². The van der Waals surface area contributed by atoms with Crippen LogP contribution in [0.25, 0.3) is 0 Å². The van der Waals surface area contributed by atoms with Crippen LogP contribution in [0.3, 0.4) is 0 Å². The van der Waals surface area contributed by atoms with Crippen LogP contribution in [0.2, 0.25) is 0 Å². The van der Waals surface area contributed by atoms with Gasteiger partial charge in [-0.05, 0) is 53.1 Å². The lowest BCUT2D eigenvalue weighted by Crippen LogP contribution is -2.39. The summed E-state index contributed by atoms with van der Waals surface area (Å²) >= 11 is 0. The topological polar surface area (TPSA) is 49.4 Å². The molecule has 1 fully saturated rings. The lowest BCUT2D eigenvalue weighted by Gasteiger charge is -2.33. The minimum Gasteiger partial charge on any atom is -0.301 e. The smallest absolute Gasteiger partial charge is 0.213 e. The lowest BCUT2D eigenvalue weighted by molar-refractivity contribution is 0.159. The molecule has 0 spiro atoms. The number of sulfonamides is 1. The zero-order valence-corrected chi connectivity index (χ0v) is 12.1. The van der Waals surface area contributed by atoms with E-state index in [9.17, 15) is 8.42 Å². The molecule has 0 aromatic carbocycles. The molecule has 5 heteroatoms. The Hall–Kier alpha value is -0.130. The summed E-state index contributed by atoms with van der Waals surface area (Å²) in [4.78, 5) is 2.47. The first-order valence-electron chi connectivity index (χ1n) is 6.66. The summed E-state index contributed by atoms with van der Waals surface area (Å²) in [6.45, 7) is 8.39. The van der Waals surface area contributed by atoms with Gasteiger partial charge in [0.25, 0.3) is 0 Å². The Morgan fingerprint density at radius 2 is 2.06 bits per heavy atom. The Morgan fingerprint density at radius 3 is 2.65 bits per heavy atom. The molecular weight excluding hydrogens is 236 g/mol. The molecule has 0 radical (unpaired) electrons. The maximum Gasteiger partial charge on any atom is 0.213 e. The number of piperidine rings is 1. The molecule has 17 heavy (non-hydrogen) atoms. The number of hydrogen-bond donors (Lipinski definition) is 1. The van der Waals surface area contributed by atoms with Gasteiger partial charge < -0.3 is 4.90 Å². The molecule has 4 nitrogen and oxygen atoms in total. The highest BCUT2D eigenvalue weighted by molar-refractivity contribution is 7.90. The molecule has 0 aromatic rings. The van der Waals surface area contributed by atoms with E-state index in [1.54, 1.807) is 13.8 Å². The highest BCUT2D eigenvalue weighted by Gasteiger charge is 2.18. The average Bonchev–Trinajstić information content (AvgIpc) is 2.26. The van der Waals surface area contributed by atoms with Crippen LogP contribution in [-0.2, 0) is 10.0 Å². The van der Waals surface area contributed by atoms with Crippen molar-refractivity contribution in [1.82, 2.24) is 9.62 Å². The fourth-order valence-electron chi connectivity index (χ4n) is 2.15.